The van der Waals surface area contributed by atoms with Crippen molar-refractivity contribution >= 4 is 11.4 Å². The summed E-state index contributed by atoms with van der Waals surface area (Å²) in [5.74, 6) is 0. The zero-order chi connectivity index (χ0) is 18.2. The molecule has 1 N–H and O–H groups in total. The van der Waals surface area contributed by atoms with Gasteiger partial charge in [-0.05, 0) is 30.7 Å². The van der Waals surface area contributed by atoms with Gasteiger partial charge in [0.05, 0.1) is 4.92 Å². The number of piperazine rings is 1. The number of nitro groups is 1. The van der Waals surface area contributed by atoms with E-state index in [2.05, 4.69) is 45.4 Å². The summed E-state index contributed by atoms with van der Waals surface area (Å²) in [5, 5.41) is 14.1. The monoisotopic (exact) mass is 354 g/mol. The maximum atomic E-state index is 10.6. The highest BCUT2D eigenvalue weighted by atomic mass is 16.6. The van der Waals surface area contributed by atoms with Gasteiger partial charge < -0.3 is 10.2 Å². The Morgan fingerprint density at radius 3 is 2.27 bits per heavy atom. The number of rotatable bonds is 8. The van der Waals surface area contributed by atoms with Crippen LogP contribution in [0, 0.1) is 10.1 Å². The van der Waals surface area contributed by atoms with Crippen molar-refractivity contribution in [3.63, 3.8) is 0 Å². The highest BCUT2D eigenvalue weighted by Gasteiger charge is 2.16. The minimum atomic E-state index is -0.362. The average Bonchev–Trinajstić information content (AvgIpc) is 2.69. The van der Waals surface area contributed by atoms with Crippen LogP contribution in [0.15, 0.2) is 54.6 Å². The topological polar surface area (TPSA) is 61.7 Å². The Labute approximate surface area is 154 Å². The summed E-state index contributed by atoms with van der Waals surface area (Å²) >= 11 is 0. The van der Waals surface area contributed by atoms with Crippen molar-refractivity contribution in [2.24, 2.45) is 0 Å². The van der Waals surface area contributed by atoms with E-state index in [4.69, 9.17) is 0 Å². The standard InChI is InChI=1S/C20H26N4O2/c25-24(26)20-8-6-18(7-9-20)10-11-21-12-13-22-14-16-23(17-15-22)19-4-2-1-3-5-19/h1-9,21H,10-17H2. The summed E-state index contributed by atoms with van der Waals surface area (Å²) in [5.41, 5.74) is 2.59. The molecule has 0 atom stereocenters. The number of nitrogens with zero attached hydrogens (tertiary/aromatic N) is 3. The van der Waals surface area contributed by atoms with E-state index in [-0.39, 0.29) is 10.6 Å². The number of nitro benzene ring substituents is 1. The molecule has 26 heavy (non-hydrogen) atoms. The number of anilines is 1. The summed E-state index contributed by atoms with van der Waals surface area (Å²) < 4.78 is 0. The number of nitrogens with one attached hydrogen (secondary N) is 1. The Morgan fingerprint density at radius 1 is 0.923 bits per heavy atom. The fraction of sp³-hybridized carbons (Fsp3) is 0.400. The molecule has 0 unspecified atom stereocenters. The van der Waals surface area contributed by atoms with Crippen molar-refractivity contribution in [1.29, 1.82) is 0 Å². The van der Waals surface area contributed by atoms with Gasteiger partial charge in [-0.2, -0.15) is 0 Å². The molecule has 1 aliphatic rings. The molecule has 1 aliphatic heterocycles. The van der Waals surface area contributed by atoms with Gasteiger partial charge in [0.1, 0.15) is 0 Å². The Hall–Kier alpha value is -2.44. The molecular weight excluding hydrogens is 328 g/mol. The fourth-order valence-electron chi connectivity index (χ4n) is 3.25. The number of hydrogen-bond donors (Lipinski definition) is 1. The predicted molar refractivity (Wildman–Crippen MR) is 105 cm³/mol. The van der Waals surface area contributed by atoms with Gasteiger partial charge in [0.25, 0.3) is 5.69 Å². The van der Waals surface area contributed by atoms with Crippen LogP contribution in [-0.2, 0) is 6.42 Å². The number of benzene rings is 2. The predicted octanol–water partition coefficient (Wildman–Crippen LogP) is 2.55. The molecule has 6 nitrogen and oxygen atoms in total. The van der Waals surface area contributed by atoms with Crippen molar-refractivity contribution in [3.8, 4) is 0 Å². The molecule has 1 saturated heterocycles. The van der Waals surface area contributed by atoms with Crippen LogP contribution in [0.1, 0.15) is 5.56 Å². The van der Waals surface area contributed by atoms with E-state index >= 15 is 0 Å². The zero-order valence-corrected chi connectivity index (χ0v) is 15.0. The lowest BCUT2D eigenvalue weighted by atomic mass is 10.1. The number of para-hydroxylation sites is 1. The minimum absolute atomic E-state index is 0.149. The first kappa shape index (κ1) is 18.4. The van der Waals surface area contributed by atoms with Crippen molar-refractivity contribution in [3.05, 3.63) is 70.3 Å². The lowest BCUT2D eigenvalue weighted by molar-refractivity contribution is -0.384. The van der Waals surface area contributed by atoms with Gasteiger partial charge in [0, 0.05) is 57.1 Å². The van der Waals surface area contributed by atoms with E-state index in [1.807, 2.05) is 12.1 Å². The maximum Gasteiger partial charge on any atom is 0.269 e. The molecule has 6 heteroatoms. The molecule has 3 rings (SSSR count). The highest BCUT2D eigenvalue weighted by Crippen LogP contribution is 2.15. The van der Waals surface area contributed by atoms with E-state index in [1.165, 1.54) is 5.69 Å². The summed E-state index contributed by atoms with van der Waals surface area (Å²) in [6, 6.07) is 17.4. The van der Waals surface area contributed by atoms with Gasteiger partial charge >= 0.3 is 0 Å². The molecule has 0 aromatic heterocycles. The smallest absolute Gasteiger partial charge is 0.269 e. The molecule has 1 fully saturated rings. The Morgan fingerprint density at radius 2 is 1.62 bits per heavy atom. The molecule has 2 aromatic carbocycles. The first-order valence-corrected chi connectivity index (χ1v) is 9.19. The summed E-state index contributed by atoms with van der Waals surface area (Å²) in [4.78, 5) is 15.2. The van der Waals surface area contributed by atoms with Crippen LogP contribution in [0.4, 0.5) is 11.4 Å². The third-order valence-corrected chi connectivity index (χ3v) is 4.84. The second-order valence-corrected chi connectivity index (χ2v) is 6.59. The lowest BCUT2D eigenvalue weighted by Crippen LogP contribution is -2.48. The van der Waals surface area contributed by atoms with Crippen LogP contribution in [0.3, 0.4) is 0 Å². The molecule has 0 aliphatic carbocycles. The fourth-order valence-corrected chi connectivity index (χ4v) is 3.25. The van der Waals surface area contributed by atoms with Gasteiger partial charge in [0.15, 0.2) is 0 Å². The van der Waals surface area contributed by atoms with Gasteiger partial charge in [-0.25, -0.2) is 0 Å². The molecule has 1 heterocycles. The molecule has 0 saturated carbocycles. The van der Waals surface area contributed by atoms with Gasteiger partial charge in [-0.3, -0.25) is 15.0 Å². The quantitative estimate of drug-likeness (QED) is 0.448. The summed E-state index contributed by atoms with van der Waals surface area (Å²) in [7, 11) is 0. The highest BCUT2D eigenvalue weighted by molar-refractivity contribution is 5.46. The Balaban J connectivity index is 1.29. The summed E-state index contributed by atoms with van der Waals surface area (Å²) in [6.07, 6.45) is 0.889. The van der Waals surface area contributed by atoms with Crippen LogP contribution in [-0.4, -0.2) is 55.6 Å². The molecule has 0 amide bonds. The molecule has 138 valence electrons. The van der Waals surface area contributed by atoms with Crippen LogP contribution in [0.5, 0.6) is 0 Å². The lowest BCUT2D eigenvalue weighted by Gasteiger charge is -2.36. The third kappa shape index (κ3) is 5.28. The second kappa shape index (κ2) is 9.31. The normalized spacial score (nSPS) is 15.2. The van der Waals surface area contributed by atoms with Crippen molar-refractivity contribution in [2.75, 3.05) is 50.7 Å². The first-order chi connectivity index (χ1) is 12.7. The van der Waals surface area contributed by atoms with E-state index < -0.39 is 0 Å². The van der Waals surface area contributed by atoms with E-state index in [0.29, 0.717) is 0 Å². The first-order valence-electron chi connectivity index (χ1n) is 9.19. The van der Waals surface area contributed by atoms with Gasteiger partial charge in [-0.1, -0.05) is 30.3 Å². The van der Waals surface area contributed by atoms with Crippen LogP contribution < -0.4 is 10.2 Å². The molecular formula is C20H26N4O2. The number of non-ortho nitro benzene ring substituents is 1. The van der Waals surface area contributed by atoms with E-state index in [9.17, 15) is 10.1 Å². The van der Waals surface area contributed by atoms with Crippen molar-refractivity contribution in [2.45, 2.75) is 6.42 Å². The van der Waals surface area contributed by atoms with Gasteiger partial charge in [-0.15, -0.1) is 0 Å². The number of hydrogen-bond acceptors (Lipinski definition) is 5. The van der Waals surface area contributed by atoms with Crippen molar-refractivity contribution in [1.82, 2.24) is 10.2 Å². The third-order valence-electron chi connectivity index (χ3n) is 4.84. The second-order valence-electron chi connectivity index (χ2n) is 6.59. The van der Waals surface area contributed by atoms with E-state index in [0.717, 1.165) is 57.8 Å². The van der Waals surface area contributed by atoms with Crippen LogP contribution in [0.2, 0.25) is 0 Å². The molecule has 2 aromatic rings. The van der Waals surface area contributed by atoms with Crippen molar-refractivity contribution < 1.29 is 4.92 Å². The Kier molecular flexibility index (Phi) is 6.57. The van der Waals surface area contributed by atoms with Gasteiger partial charge in [0.2, 0.25) is 0 Å². The maximum absolute atomic E-state index is 10.6. The minimum Gasteiger partial charge on any atom is -0.369 e. The largest absolute Gasteiger partial charge is 0.369 e. The zero-order valence-electron chi connectivity index (χ0n) is 15.0. The summed E-state index contributed by atoms with van der Waals surface area (Å²) in [6.45, 7) is 7.26. The van der Waals surface area contributed by atoms with Crippen LogP contribution in [0.25, 0.3) is 0 Å². The Bertz CT molecular complexity index is 683. The van der Waals surface area contributed by atoms with Crippen LogP contribution >= 0.6 is 0 Å². The molecule has 0 spiro atoms. The average molecular weight is 354 g/mol. The SMILES string of the molecule is O=[N+]([O-])c1ccc(CCNCCN2CCN(c3ccccc3)CC2)cc1. The molecule has 0 radical (unpaired) electrons. The molecule has 0 bridgehead atoms. The van der Waals surface area contributed by atoms with E-state index in [1.54, 1.807) is 12.1 Å².